The van der Waals surface area contributed by atoms with E-state index in [1.807, 2.05) is 51.1 Å². The molecule has 2 N–H and O–H groups in total. The van der Waals surface area contributed by atoms with Gasteiger partial charge in [0.1, 0.15) is 0 Å². The third-order valence-electron chi connectivity index (χ3n) is 5.50. The van der Waals surface area contributed by atoms with Gasteiger partial charge in [-0.2, -0.15) is 0 Å². The maximum atomic E-state index is 12.9. The number of rotatable bonds is 8. The van der Waals surface area contributed by atoms with E-state index in [9.17, 15) is 9.59 Å². The number of thiazole rings is 1. The molecule has 0 atom stereocenters. The van der Waals surface area contributed by atoms with Crippen molar-refractivity contribution >= 4 is 58.7 Å². The summed E-state index contributed by atoms with van der Waals surface area (Å²) in [6, 6.07) is 19.9. The van der Waals surface area contributed by atoms with Crippen LogP contribution < -0.4 is 10.6 Å². The van der Waals surface area contributed by atoms with E-state index in [1.165, 1.54) is 22.5 Å². The van der Waals surface area contributed by atoms with Gasteiger partial charge in [0.05, 0.1) is 0 Å². The zero-order valence-corrected chi connectivity index (χ0v) is 22.2. The third-order valence-corrected chi connectivity index (χ3v) is 8.41. The Bertz CT molecular complexity index is 1310. The third kappa shape index (κ3) is 6.13. The summed E-state index contributed by atoms with van der Waals surface area (Å²) in [5.41, 5.74) is 6.77. The molecule has 3 aromatic carbocycles. The average molecular weight is 533 g/mol. The van der Waals surface area contributed by atoms with Crippen LogP contribution >= 0.6 is 11.3 Å². The van der Waals surface area contributed by atoms with E-state index in [1.54, 1.807) is 6.07 Å². The van der Waals surface area contributed by atoms with Gasteiger partial charge >= 0.3 is 199 Å². The summed E-state index contributed by atoms with van der Waals surface area (Å²) in [7, 11) is 0. The Balaban J connectivity index is 1.35. The van der Waals surface area contributed by atoms with E-state index in [0.29, 0.717) is 10.7 Å². The van der Waals surface area contributed by atoms with Crippen LogP contribution in [0.1, 0.15) is 39.0 Å². The van der Waals surface area contributed by atoms with Crippen LogP contribution in [-0.2, 0) is 6.42 Å². The van der Waals surface area contributed by atoms with E-state index in [-0.39, 0.29) is 10.6 Å². The fraction of sp³-hybridized carbons (Fsp3) is 0.222. The van der Waals surface area contributed by atoms with Crippen LogP contribution in [-0.4, -0.2) is 31.3 Å². The number of nitrogens with zero attached hydrogens (tertiary/aromatic N) is 1. The van der Waals surface area contributed by atoms with Gasteiger partial charge in [0.25, 0.3) is 0 Å². The summed E-state index contributed by atoms with van der Waals surface area (Å²) in [4.78, 5) is 29.8. The van der Waals surface area contributed by atoms with Crippen LogP contribution in [0.2, 0.25) is 5.21 Å². The monoisotopic (exact) mass is 532 g/mol. The molecule has 2 amide bonds. The first-order valence-corrected chi connectivity index (χ1v) is 14.3. The molecule has 0 saturated heterocycles. The van der Waals surface area contributed by atoms with Gasteiger partial charge in [0.2, 0.25) is 0 Å². The van der Waals surface area contributed by atoms with Gasteiger partial charge in [-0.25, -0.2) is 0 Å². The summed E-state index contributed by atoms with van der Waals surface area (Å²) in [6.45, 7) is 6.05. The quantitative estimate of drug-likeness (QED) is 0.195. The topological polar surface area (TPSA) is 71.1 Å². The van der Waals surface area contributed by atoms with E-state index < -0.39 is 15.8 Å². The van der Waals surface area contributed by atoms with Crippen LogP contribution in [0.15, 0.2) is 60.7 Å². The Morgan fingerprint density at radius 3 is 2.41 bits per heavy atom. The van der Waals surface area contributed by atoms with Crippen molar-refractivity contribution in [2.75, 3.05) is 10.6 Å². The molecular formula is C27H27AsN3O2S. The van der Waals surface area contributed by atoms with E-state index in [2.05, 4.69) is 39.9 Å². The van der Waals surface area contributed by atoms with Crippen molar-refractivity contribution in [1.29, 1.82) is 0 Å². The number of fused-ring (bicyclic) bond motifs is 1. The van der Waals surface area contributed by atoms with Gasteiger partial charge in [0, 0.05) is 0 Å². The number of hydrogen-bond donors (Lipinski definition) is 2. The number of aryl methyl sites for hydroxylation is 4. The minimum atomic E-state index is -0.438. The molecule has 34 heavy (non-hydrogen) atoms. The second kappa shape index (κ2) is 11.0. The Kier molecular flexibility index (Phi) is 7.81. The van der Waals surface area contributed by atoms with Gasteiger partial charge in [0.15, 0.2) is 0 Å². The molecule has 0 fully saturated rings. The standard InChI is InChI=1S/C27H27AsN3O2S/c1-17-14-18(2)24(19(3)15-17)30-25(32)21-11-12-22-23(16-21)34-27(29-22)31-26(33)28-13-7-10-20-8-5-4-6-9-20/h4-6,8-9,11-12,14-16H,7,10,13H2,1-3H3,(H,30,32)(H,29,31,33). The Morgan fingerprint density at radius 2 is 1.68 bits per heavy atom. The predicted molar refractivity (Wildman–Crippen MR) is 143 cm³/mol. The fourth-order valence-electron chi connectivity index (χ4n) is 3.92. The van der Waals surface area contributed by atoms with Crippen molar-refractivity contribution in [2.45, 2.75) is 38.8 Å². The molecule has 0 bridgehead atoms. The van der Waals surface area contributed by atoms with Crippen molar-refractivity contribution < 1.29 is 9.59 Å². The van der Waals surface area contributed by atoms with Crippen molar-refractivity contribution in [1.82, 2.24) is 4.98 Å². The van der Waals surface area contributed by atoms with Crippen LogP contribution in [0.25, 0.3) is 10.2 Å². The van der Waals surface area contributed by atoms with Crippen LogP contribution in [0.5, 0.6) is 0 Å². The molecule has 1 aromatic heterocycles. The molecule has 0 aliphatic carbocycles. The molecule has 4 rings (SSSR count). The number of carbonyl (C=O) groups is 2. The number of aromatic nitrogens is 1. The molecule has 1 radical (unpaired) electrons. The summed E-state index contributed by atoms with van der Waals surface area (Å²) < 4.78 is 0.937. The Morgan fingerprint density at radius 1 is 0.941 bits per heavy atom. The second-order valence-corrected chi connectivity index (χ2v) is 11.8. The molecule has 0 saturated carbocycles. The Labute approximate surface area is 210 Å². The predicted octanol–water partition coefficient (Wildman–Crippen LogP) is 6.76. The van der Waals surface area contributed by atoms with E-state index in [0.717, 1.165) is 45.1 Å². The fourth-order valence-corrected chi connectivity index (χ4v) is 6.46. The summed E-state index contributed by atoms with van der Waals surface area (Å²) in [5, 5.41) is 7.50. The molecular weight excluding hydrogens is 505 g/mol. The summed E-state index contributed by atoms with van der Waals surface area (Å²) in [5.74, 6) is -0.153. The molecule has 0 aliphatic rings. The number of benzene rings is 3. The van der Waals surface area contributed by atoms with Gasteiger partial charge in [-0.05, 0) is 6.92 Å². The maximum absolute atomic E-state index is 12.9. The molecule has 0 spiro atoms. The molecule has 1 heterocycles. The Hall–Kier alpha value is -2.95. The van der Waals surface area contributed by atoms with Crippen molar-refractivity contribution in [3.8, 4) is 0 Å². The van der Waals surface area contributed by atoms with Crippen molar-refractivity contribution in [3.05, 3.63) is 88.5 Å². The molecule has 0 unspecified atom stereocenters. The minimum absolute atomic E-state index is 0.0617. The second-order valence-electron chi connectivity index (χ2n) is 8.33. The number of carbonyl (C=O) groups excluding carboxylic acids is 2. The van der Waals surface area contributed by atoms with Crippen LogP contribution in [0.4, 0.5) is 15.6 Å². The van der Waals surface area contributed by atoms with E-state index in [4.69, 9.17) is 0 Å². The number of amides is 2. The average Bonchev–Trinajstić information content (AvgIpc) is 3.21. The first-order chi connectivity index (χ1) is 16.4. The van der Waals surface area contributed by atoms with Crippen LogP contribution in [0.3, 0.4) is 0 Å². The molecule has 4 aromatic rings. The van der Waals surface area contributed by atoms with Crippen LogP contribution in [0, 0.1) is 20.8 Å². The van der Waals surface area contributed by atoms with Crippen molar-refractivity contribution in [3.63, 3.8) is 0 Å². The van der Waals surface area contributed by atoms with Gasteiger partial charge < -0.3 is 0 Å². The molecule has 173 valence electrons. The molecule has 5 nitrogen and oxygen atoms in total. The number of hydrogen-bond acceptors (Lipinski definition) is 4. The molecule has 0 aliphatic heterocycles. The first kappa shape index (κ1) is 24.2. The van der Waals surface area contributed by atoms with E-state index >= 15 is 0 Å². The summed E-state index contributed by atoms with van der Waals surface area (Å²) >= 11 is 0.962. The molecule has 7 heteroatoms. The zero-order chi connectivity index (χ0) is 24.1. The zero-order valence-electron chi connectivity index (χ0n) is 19.5. The summed E-state index contributed by atoms with van der Waals surface area (Å²) in [6.07, 6.45) is 2.01. The van der Waals surface area contributed by atoms with Gasteiger partial charge in [-0.1, -0.05) is 5.56 Å². The number of nitrogens with one attached hydrogen (secondary N) is 2. The number of anilines is 2. The van der Waals surface area contributed by atoms with Gasteiger partial charge in [-0.15, -0.1) is 0 Å². The van der Waals surface area contributed by atoms with Crippen molar-refractivity contribution in [2.24, 2.45) is 0 Å². The SMILES string of the molecule is Cc1cc(C)c(NC(=O)c2ccc3nc(NC(=O)[As]CCCc4ccccc4)sc3c2)c(C)c1. The van der Waals surface area contributed by atoms with Gasteiger partial charge in [-0.3, -0.25) is 0 Å². The first-order valence-electron chi connectivity index (χ1n) is 11.2. The normalized spacial score (nSPS) is 11.3.